The molecule has 24 heavy (non-hydrogen) atoms. The number of rotatable bonds is 4. The van der Waals surface area contributed by atoms with Crippen LogP contribution in [0.25, 0.3) is 0 Å². The van der Waals surface area contributed by atoms with Gasteiger partial charge in [0.05, 0.1) is 6.04 Å². The monoisotopic (exact) mass is 403 g/mol. The minimum absolute atomic E-state index is 0.160. The smallest absolute Gasteiger partial charge is 0.171 e. The molecule has 3 rings (SSSR count). The summed E-state index contributed by atoms with van der Waals surface area (Å²) in [5.74, 6) is 0. The van der Waals surface area contributed by atoms with Crippen LogP contribution < -0.4 is 15.5 Å². The maximum atomic E-state index is 5.42. The largest absolute Gasteiger partial charge is 0.372 e. The number of hydrogen-bond acceptors (Lipinski definition) is 2. The summed E-state index contributed by atoms with van der Waals surface area (Å²) in [6.07, 6.45) is 2.60. The molecule has 0 bridgehead atoms. The first kappa shape index (κ1) is 17.2. The van der Waals surface area contributed by atoms with E-state index < -0.39 is 0 Å². The molecule has 0 amide bonds. The van der Waals surface area contributed by atoms with E-state index >= 15 is 0 Å². The Balaban J connectivity index is 1.56. The summed E-state index contributed by atoms with van der Waals surface area (Å²) < 4.78 is 1.05. The van der Waals surface area contributed by atoms with Crippen LogP contribution in [0.2, 0.25) is 0 Å². The molecular weight excluding hydrogens is 382 g/mol. The molecule has 1 aliphatic heterocycles. The summed E-state index contributed by atoms with van der Waals surface area (Å²) in [5.41, 5.74) is 3.53. The van der Waals surface area contributed by atoms with Gasteiger partial charge in [-0.1, -0.05) is 28.1 Å². The van der Waals surface area contributed by atoms with Crippen LogP contribution in [0.3, 0.4) is 0 Å². The van der Waals surface area contributed by atoms with Gasteiger partial charge < -0.3 is 15.5 Å². The Labute approximate surface area is 157 Å². The first-order valence-corrected chi connectivity index (χ1v) is 9.50. The van der Waals surface area contributed by atoms with Crippen molar-refractivity contribution in [2.45, 2.75) is 25.8 Å². The molecule has 1 atom stereocenters. The number of anilines is 2. The van der Waals surface area contributed by atoms with Gasteiger partial charge in [0.15, 0.2) is 5.11 Å². The first-order valence-electron chi connectivity index (χ1n) is 8.30. The minimum Gasteiger partial charge on any atom is -0.372 e. The van der Waals surface area contributed by atoms with Crippen molar-refractivity contribution >= 4 is 44.6 Å². The summed E-state index contributed by atoms with van der Waals surface area (Å²) in [7, 11) is 0. The second kappa shape index (κ2) is 7.99. The maximum Gasteiger partial charge on any atom is 0.171 e. The highest BCUT2D eigenvalue weighted by Crippen LogP contribution is 2.23. The van der Waals surface area contributed by atoms with Crippen LogP contribution >= 0.6 is 28.1 Å². The van der Waals surface area contributed by atoms with Crippen molar-refractivity contribution < 1.29 is 0 Å². The van der Waals surface area contributed by atoms with Crippen LogP contribution in [0, 0.1) is 0 Å². The van der Waals surface area contributed by atoms with Crippen molar-refractivity contribution in [3.8, 4) is 0 Å². The van der Waals surface area contributed by atoms with Crippen molar-refractivity contribution in [2.24, 2.45) is 0 Å². The molecule has 2 aromatic rings. The molecule has 0 aliphatic carbocycles. The summed E-state index contributed by atoms with van der Waals surface area (Å²) in [4.78, 5) is 2.45. The SMILES string of the molecule is C[C@H](NC(=S)Nc1ccc(Br)cc1)c1ccc(N2CCCC2)cc1. The summed E-state index contributed by atoms with van der Waals surface area (Å²) in [5, 5.41) is 7.19. The highest BCUT2D eigenvalue weighted by molar-refractivity contribution is 9.10. The molecule has 0 saturated carbocycles. The summed E-state index contributed by atoms with van der Waals surface area (Å²) in [6.45, 7) is 4.48. The lowest BCUT2D eigenvalue weighted by atomic mass is 10.1. The number of halogens is 1. The lowest BCUT2D eigenvalue weighted by Gasteiger charge is -2.20. The van der Waals surface area contributed by atoms with Crippen LogP contribution in [0.4, 0.5) is 11.4 Å². The van der Waals surface area contributed by atoms with Crippen LogP contribution in [0.5, 0.6) is 0 Å². The van der Waals surface area contributed by atoms with Gasteiger partial charge >= 0.3 is 0 Å². The van der Waals surface area contributed by atoms with Gasteiger partial charge in [0.25, 0.3) is 0 Å². The van der Waals surface area contributed by atoms with Crippen molar-refractivity contribution in [3.05, 3.63) is 58.6 Å². The highest BCUT2D eigenvalue weighted by Gasteiger charge is 2.13. The van der Waals surface area contributed by atoms with Gasteiger partial charge in [-0.15, -0.1) is 0 Å². The molecule has 5 heteroatoms. The van der Waals surface area contributed by atoms with Crippen molar-refractivity contribution in [1.29, 1.82) is 0 Å². The van der Waals surface area contributed by atoms with Gasteiger partial charge in [0, 0.05) is 28.9 Å². The van der Waals surface area contributed by atoms with Crippen LogP contribution in [-0.4, -0.2) is 18.2 Å². The third kappa shape index (κ3) is 4.48. The molecule has 0 aromatic heterocycles. The second-order valence-corrected chi connectivity index (χ2v) is 7.44. The average Bonchev–Trinajstić information content (AvgIpc) is 3.11. The van der Waals surface area contributed by atoms with Crippen molar-refractivity contribution in [2.75, 3.05) is 23.3 Å². The zero-order valence-corrected chi connectivity index (χ0v) is 16.2. The van der Waals surface area contributed by atoms with Gasteiger partial charge in [-0.2, -0.15) is 0 Å². The standard InChI is InChI=1S/C19H22BrN3S/c1-14(21-19(24)22-17-8-6-16(20)7-9-17)15-4-10-18(11-5-15)23-12-2-3-13-23/h4-11,14H,2-3,12-13H2,1H3,(H2,21,22,24)/t14-/m0/s1. The molecule has 1 fully saturated rings. The predicted molar refractivity (Wildman–Crippen MR) is 110 cm³/mol. The Morgan fingerprint density at radius 3 is 2.29 bits per heavy atom. The zero-order chi connectivity index (χ0) is 16.9. The van der Waals surface area contributed by atoms with Gasteiger partial charge in [0.1, 0.15) is 0 Å². The molecule has 1 aliphatic rings. The molecule has 1 heterocycles. The Morgan fingerprint density at radius 2 is 1.67 bits per heavy atom. The minimum atomic E-state index is 0.160. The number of nitrogens with zero attached hydrogens (tertiary/aromatic N) is 1. The van der Waals surface area contributed by atoms with Crippen molar-refractivity contribution in [1.82, 2.24) is 5.32 Å². The predicted octanol–water partition coefficient (Wildman–Crippen LogP) is 5.10. The van der Waals surface area contributed by atoms with Gasteiger partial charge in [-0.25, -0.2) is 0 Å². The Morgan fingerprint density at radius 1 is 1.04 bits per heavy atom. The molecule has 0 radical (unpaired) electrons. The Bertz CT molecular complexity index is 679. The van der Waals surface area contributed by atoms with E-state index in [2.05, 4.69) is 62.7 Å². The normalized spacial score (nSPS) is 15.2. The van der Waals surface area contributed by atoms with Gasteiger partial charge in [-0.3, -0.25) is 0 Å². The molecule has 0 unspecified atom stereocenters. The quantitative estimate of drug-likeness (QED) is 0.694. The summed E-state index contributed by atoms with van der Waals surface area (Å²) >= 11 is 8.85. The van der Waals surface area contributed by atoms with Crippen LogP contribution in [-0.2, 0) is 0 Å². The topological polar surface area (TPSA) is 27.3 Å². The van der Waals surface area contributed by atoms with E-state index in [1.54, 1.807) is 0 Å². The van der Waals surface area contributed by atoms with Crippen LogP contribution in [0.1, 0.15) is 31.4 Å². The van der Waals surface area contributed by atoms with Gasteiger partial charge in [0.2, 0.25) is 0 Å². The molecule has 1 saturated heterocycles. The first-order chi connectivity index (χ1) is 11.6. The maximum absolute atomic E-state index is 5.42. The second-order valence-electron chi connectivity index (χ2n) is 6.11. The average molecular weight is 404 g/mol. The van der Waals surface area contributed by atoms with E-state index in [0.717, 1.165) is 10.2 Å². The number of benzene rings is 2. The number of nitrogens with one attached hydrogen (secondary N) is 2. The number of hydrogen-bond donors (Lipinski definition) is 2. The molecule has 2 aromatic carbocycles. The molecule has 3 nitrogen and oxygen atoms in total. The van der Waals surface area contributed by atoms with E-state index in [4.69, 9.17) is 12.2 Å². The Hall–Kier alpha value is -1.59. The molecule has 0 spiro atoms. The van der Waals surface area contributed by atoms with E-state index in [9.17, 15) is 0 Å². The molecule has 126 valence electrons. The lowest BCUT2D eigenvalue weighted by Crippen LogP contribution is -2.30. The third-order valence-corrected chi connectivity index (χ3v) is 5.06. The fourth-order valence-electron chi connectivity index (χ4n) is 2.93. The van der Waals surface area contributed by atoms with Gasteiger partial charge in [-0.05, 0) is 73.9 Å². The molecule has 2 N–H and O–H groups in total. The fraction of sp³-hybridized carbons (Fsp3) is 0.316. The lowest BCUT2D eigenvalue weighted by molar-refractivity contribution is 0.722. The van der Waals surface area contributed by atoms with E-state index in [0.29, 0.717) is 5.11 Å². The number of thiocarbonyl (C=S) groups is 1. The fourth-order valence-corrected chi connectivity index (χ4v) is 3.49. The third-order valence-electron chi connectivity index (χ3n) is 4.31. The highest BCUT2D eigenvalue weighted by atomic mass is 79.9. The molecular formula is C19H22BrN3S. The Kier molecular flexibility index (Phi) is 5.74. The van der Waals surface area contributed by atoms with E-state index in [1.807, 2.05) is 24.3 Å². The van der Waals surface area contributed by atoms with E-state index in [1.165, 1.54) is 37.2 Å². The van der Waals surface area contributed by atoms with E-state index in [-0.39, 0.29) is 6.04 Å². The zero-order valence-electron chi connectivity index (χ0n) is 13.8. The van der Waals surface area contributed by atoms with Crippen molar-refractivity contribution in [3.63, 3.8) is 0 Å². The van der Waals surface area contributed by atoms with Crippen LogP contribution in [0.15, 0.2) is 53.0 Å². The summed E-state index contributed by atoms with van der Waals surface area (Å²) in [6, 6.07) is 16.9.